The minimum Gasteiger partial charge on any atom is -0.396 e. The lowest BCUT2D eigenvalue weighted by molar-refractivity contribution is 0.0803. The van der Waals surface area contributed by atoms with Gasteiger partial charge in [0.15, 0.2) is 0 Å². The quantitative estimate of drug-likeness (QED) is 0.628. The van der Waals surface area contributed by atoms with Crippen molar-refractivity contribution in [1.82, 2.24) is 9.78 Å². The van der Waals surface area contributed by atoms with Crippen molar-refractivity contribution in [3.8, 4) is 0 Å². The molecule has 0 aliphatic rings. The lowest BCUT2D eigenvalue weighted by Crippen LogP contribution is -2.24. The molecule has 0 radical (unpaired) electrons. The van der Waals surface area contributed by atoms with Crippen LogP contribution in [0.25, 0.3) is 10.9 Å². The van der Waals surface area contributed by atoms with Gasteiger partial charge in [-0.25, -0.2) is 4.68 Å². The van der Waals surface area contributed by atoms with Crippen LogP contribution in [0.5, 0.6) is 0 Å². The number of benzene rings is 1. The normalized spacial score (nSPS) is 12.0. The van der Waals surface area contributed by atoms with Gasteiger partial charge in [0, 0.05) is 33.1 Å². The van der Waals surface area contributed by atoms with Gasteiger partial charge in [0.2, 0.25) is 5.43 Å². The van der Waals surface area contributed by atoms with Crippen molar-refractivity contribution in [2.75, 3.05) is 13.2 Å². The highest BCUT2D eigenvalue weighted by atomic mass is 28.3. The molecule has 5 nitrogen and oxygen atoms in total. The van der Waals surface area contributed by atoms with E-state index in [0.717, 1.165) is 11.6 Å². The smallest absolute Gasteiger partial charge is 0.211 e. The topological polar surface area (TPSA) is 64.3 Å². The van der Waals surface area contributed by atoms with Crippen LogP contribution in [0.15, 0.2) is 29.1 Å². The maximum absolute atomic E-state index is 12.3. The number of fused-ring (bicyclic) bond motifs is 1. The molecule has 0 spiro atoms. The summed E-state index contributed by atoms with van der Waals surface area (Å²) in [4.78, 5) is 12.3. The molecular formula is C16H24N2O3Si. The maximum atomic E-state index is 12.3. The predicted octanol–water partition coefficient (Wildman–Crippen LogP) is 2.24. The van der Waals surface area contributed by atoms with Crippen molar-refractivity contribution >= 4 is 19.0 Å². The predicted molar refractivity (Wildman–Crippen MR) is 90.9 cm³/mol. The molecule has 2 rings (SSSR count). The summed E-state index contributed by atoms with van der Waals surface area (Å²) in [6.07, 6.45) is 0.262. The Labute approximate surface area is 131 Å². The number of ether oxygens (including phenoxy) is 1. The summed E-state index contributed by atoms with van der Waals surface area (Å²) in [6, 6.07) is 8.47. The maximum Gasteiger partial charge on any atom is 0.211 e. The number of hydrogen-bond donors (Lipinski definition) is 1. The van der Waals surface area contributed by atoms with Crippen molar-refractivity contribution in [2.45, 2.75) is 38.8 Å². The van der Waals surface area contributed by atoms with E-state index in [1.54, 1.807) is 10.7 Å². The highest BCUT2D eigenvalue weighted by Crippen LogP contribution is 2.11. The van der Waals surface area contributed by atoms with E-state index < -0.39 is 8.07 Å². The molecule has 22 heavy (non-hydrogen) atoms. The lowest BCUT2D eigenvalue weighted by Gasteiger charge is -2.16. The molecule has 1 aromatic carbocycles. The third-order valence-corrected chi connectivity index (χ3v) is 5.19. The van der Waals surface area contributed by atoms with Gasteiger partial charge in [-0.15, -0.1) is 0 Å². The molecular weight excluding hydrogens is 296 g/mol. The van der Waals surface area contributed by atoms with Crippen molar-refractivity contribution in [1.29, 1.82) is 0 Å². The summed E-state index contributed by atoms with van der Waals surface area (Å²) in [6.45, 7) is 7.86. The van der Waals surface area contributed by atoms with E-state index in [9.17, 15) is 4.79 Å². The molecule has 0 atom stereocenters. The van der Waals surface area contributed by atoms with Crippen LogP contribution in [-0.4, -0.2) is 36.2 Å². The minimum atomic E-state index is -1.12. The number of aromatic nitrogens is 2. The minimum absolute atomic E-state index is 0.0862. The van der Waals surface area contributed by atoms with Crippen LogP contribution in [0.2, 0.25) is 25.7 Å². The molecule has 120 valence electrons. The van der Waals surface area contributed by atoms with Crippen LogP contribution < -0.4 is 5.43 Å². The van der Waals surface area contributed by atoms with Gasteiger partial charge in [0.25, 0.3) is 0 Å². The second-order valence-corrected chi connectivity index (χ2v) is 12.2. The summed E-state index contributed by atoms with van der Waals surface area (Å²) in [5.41, 5.74) is 1.04. The van der Waals surface area contributed by atoms with E-state index >= 15 is 0 Å². The average Bonchev–Trinajstić information content (AvgIpc) is 2.47. The van der Waals surface area contributed by atoms with Gasteiger partial charge in [-0.1, -0.05) is 31.8 Å². The Kier molecular flexibility index (Phi) is 5.50. The van der Waals surface area contributed by atoms with E-state index in [1.165, 1.54) is 0 Å². The van der Waals surface area contributed by atoms with Crippen molar-refractivity contribution in [3.05, 3.63) is 40.2 Å². The Bertz CT molecular complexity index is 692. The second-order valence-electron chi connectivity index (χ2n) is 6.61. The van der Waals surface area contributed by atoms with Crippen LogP contribution in [0, 0.1) is 0 Å². The molecule has 0 bridgehead atoms. The summed E-state index contributed by atoms with van der Waals surface area (Å²) in [5, 5.41) is 14.1. The van der Waals surface area contributed by atoms with Crippen LogP contribution in [0.1, 0.15) is 5.69 Å². The molecule has 0 amide bonds. The number of hydrogen-bond acceptors (Lipinski definition) is 4. The summed E-state index contributed by atoms with van der Waals surface area (Å²) < 4.78 is 7.46. The molecule has 6 heteroatoms. The molecule has 1 N–H and O–H groups in total. The number of para-hydroxylation sites is 1. The number of aliphatic hydroxyl groups is 1. The van der Waals surface area contributed by atoms with E-state index in [0.29, 0.717) is 24.4 Å². The fraction of sp³-hybridized carbons (Fsp3) is 0.500. The molecule has 0 unspecified atom stereocenters. The van der Waals surface area contributed by atoms with Crippen LogP contribution in [-0.2, 0) is 17.9 Å². The monoisotopic (exact) mass is 320 g/mol. The highest BCUT2D eigenvalue weighted by molar-refractivity contribution is 6.76. The fourth-order valence-corrected chi connectivity index (χ4v) is 2.95. The average molecular weight is 320 g/mol. The van der Waals surface area contributed by atoms with Crippen molar-refractivity contribution in [3.63, 3.8) is 0 Å². The zero-order chi connectivity index (χ0) is 16.2. The summed E-state index contributed by atoms with van der Waals surface area (Å²) in [7, 11) is -1.12. The van der Waals surface area contributed by atoms with Crippen molar-refractivity contribution in [2.24, 2.45) is 0 Å². The van der Waals surface area contributed by atoms with Gasteiger partial charge >= 0.3 is 0 Å². The van der Waals surface area contributed by atoms with Gasteiger partial charge < -0.3 is 9.84 Å². The van der Waals surface area contributed by atoms with E-state index in [2.05, 4.69) is 24.7 Å². The van der Waals surface area contributed by atoms with Gasteiger partial charge in [-0.3, -0.25) is 4.79 Å². The Morgan fingerprint density at radius 1 is 1.27 bits per heavy atom. The first-order valence-corrected chi connectivity index (χ1v) is 11.3. The Morgan fingerprint density at radius 2 is 2.00 bits per heavy atom. The zero-order valence-electron chi connectivity index (χ0n) is 13.5. The van der Waals surface area contributed by atoms with Crippen LogP contribution in [0.3, 0.4) is 0 Å². The molecule has 0 fully saturated rings. The molecule has 0 aliphatic carbocycles. The molecule has 0 saturated carbocycles. The zero-order valence-corrected chi connectivity index (χ0v) is 14.5. The molecule has 1 heterocycles. The highest BCUT2D eigenvalue weighted by Gasteiger charge is 2.13. The molecule has 0 aliphatic heterocycles. The van der Waals surface area contributed by atoms with Gasteiger partial charge in [-0.05, 0) is 18.2 Å². The van der Waals surface area contributed by atoms with Gasteiger partial charge in [0.1, 0.15) is 12.4 Å². The first-order chi connectivity index (χ1) is 10.4. The van der Waals surface area contributed by atoms with E-state index in [-0.39, 0.29) is 18.5 Å². The van der Waals surface area contributed by atoms with Crippen LogP contribution >= 0.6 is 0 Å². The first kappa shape index (κ1) is 16.9. The van der Waals surface area contributed by atoms with Crippen LogP contribution in [0.4, 0.5) is 0 Å². The largest absolute Gasteiger partial charge is 0.396 e. The third-order valence-electron chi connectivity index (χ3n) is 3.49. The number of rotatable bonds is 7. The number of aliphatic hydroxyl groups excluding tert-OH is 1. The Morgan fingerprint density at radius 3 is 2.68 bits per heavy atom. The lowest BCUT2D eigenvalue weighted by atomic mass is 10.2. The molecule has 0 saturated heterocycles. The Hall–Kier alpha value is -1.50. The van der Waals surface area contributed by atoms with Gasteiger partial charge in [0.05, 0.1) is 5.52 Å². The summed E-state index contributed by atoms with van der Waals surface area (Å²) in [5.74, 6) is 0. The number of nitrogens with zero attached hydrogens (tertiary/aromatic N) is 2. The first-order valence-electron chi connectivity index (χ1n) is 7.60. The van der Waals surface area contributed by atoms with E-state index in [1.807, 2.05) is 18.2 Å². The van der Waals surface area contributed by atoms with Gasteiger partial charge in [-0.2, -0.15) is 5.10 Å². The van der Waals surface area contributed by atoms with Crippen molar-refractivity contribution < 1.29 is 9.84 Å². The SMILES string of the molecule is C[Si](C)(C)CCOCn1nc(CCO)c(=O)c2ccccc21. The van der Waals surface area contributed by atoms with E-state index in [4.69, 9.17) is 9.84 Å². The molecule has 1 aromatic heterocycles. The molecule has 2 aromatic rings. The summed E-state index contributed by atoms with van der Waals surface area (Å²) >= 11 is 0. The third kappa shape index (κ3) is 4.25. The standard InChI is InChI=1S/C16H24N2O3Si/c1-22(2,3)11-10-21-12-18-15-7-5-4-6-13(15)16(20)14(17-18)8-9-19/h4-7,19H,8-12H2,1-3H3. The second kappa shape index (κ2) is 7.17. The fourth-order valence-electron chi connectivity index (χ4n) is 2.19. The Balaban J connectivity index is 2.24.